The highest BCUT2D eigenvalue weighted by Gasteiger charge is 2.24. The zero-order valence-corrected chi connectivity index (χ0v) is 9.17. The quantitative estimate of drug-likeness (QED) is 0.815. The van der Waals surface area contributed by atoms with Gasteiger partial charge in [0, 0.05) is 17.8 Å². The summed E-state index contributed by atoms with van der Waals surface area (Å²) in [6.07, 6.45) is 2.41. The van der Waals surface area contributed by atoms with Crippen LogP contribution in [0.15, 0.2) is 18.2 Å². The third-order valence-electron chi connectivity index (χ3n) is 2.92. The Morgan fingerprint density at radius 2 is 2.24 bits per heavy atom. The second kappa shape index (κ2) is 3.80. The molecule has 0 unspecified atom stereocenters. The molecule has 2 N–H and O–H groups in total. The number of tetrazole rings is 1. The molecule has 1 heterocycles. The predicted molar refractivity (Wildman–Crippen MR) is 60.3 cm³/mol. The minimum Gasteiger partial charge on any atom is -0.398 e. The van der Waals surface area contributed by atoms with E-state index >= 15 is 0 Å². The zero-order valence-electron chi connectivity index (χ0n) is 9.17. The molecule has 1 saturated carbocycles. The highest BCUT2D eigenvalue weighted by atomic mass is 19.1. The van der Waals surface area contributed by atoms with Crippen molar-refractivity contribution in [2.45, 2.75) is 19.4 Å². The Kier molecular flexibility index (Phi) is 2.28. The number of anilines is 1. The van der Waals surface area contributed by atoms with Gasteiger partial charge >= 0.3 is 0 Å². The fourth-order valence-electron chi connectivity index (χ4n) is 1.79. The first-order valence-corrected chi connectivity index (χ1v) is 5.55. The van der Waals surface area contributed by atoms with Crippen molar-refractivity contribution in [3.05, 3.63) is 24.0 Å². The van der Waals surface area contributed by atoms with Crippen molar-refractivity contribution >= 4 is 5.69 Å². The number of nitrogens with zero attached hydrogens (tertiary/aromatic N) is 4. The summed E-state index contributed by atoms with van der Waals surface area (Å²) in [6, 6.07) is 4.22. The van der Waals surface area contributed by atoms with E-state index in [1.807, 2.05) is 0 Å². The Hall–Kier alpha value is -1.98. The molecular formula is C11H12FN5. The lowest BCUT2D eigenvalue weighted by Gasteiger charge is -2.06. The highest BCUT2D eigenvalue weighted by Crippen LogP contribution is 2.32. The number of aromatic nitrogens is 4. The molecule has 1 aliphatic rings. The molecule has 5 nitrogen and oxygen atoms in total. The SMILES string of the molecule is Nc1ccc(F)cc1-c1nnnn1CC1CC1. The molecule has 0 radical (unpaired) electrons. The lowest BCUT2D eigenvalue weighted by Crippen LogP contribution is -2.05. The van der Waals surface area contributed by atoms with Gasteiger partial charge in [0.15, 0.2) is 5.82 Å². The Labute approximate surface area is 97.4 Å². The van der Waals surface area contributed by atoms with Crippen LogP contribution in [0.1, 0.15) is 12.8 Å². The molecule has 17 heavy (non-hydrogen) atoms. The van der Waals surface area contributed by atoms with Gasteiger partial charge in [-0.15, -0.1) is 5.10 Å². The van der Waals surface area contributed by atoms with E-state index in [4.69, 9.17) is 5.73 Å². The summed E-state index contributed by atoms with van der Waals surface area (Å²) in [6.45, 7) is 0.776. The van der Waals surface area contributed by atoms with Gasteiger partial charge in [0.2, 0.25) is 0 Å². The summed E-state index contributed by atoms with van der Waals surface area (Å²) in [4.78, 5) is 0. The van der Waals surface area contributed by atoms with Crippen LogP contribution >= 0.6 is 0 Å². The van der Waals surface area contributed by atoms with Gasteiger partial charge in [0.05, 0.1) is 0 Å². The van der Waals surface area contributed by atoms with Crippen molar-refractivity contribution in [1.29, 1.82) is 0 Å². The Morgan fingerprint density at radius 1 is 1.41 bits per heavy atom. The van der Waals surface area contributed by atoms with E-state index in [-0.39, 0.29) is 5.82 Å². The average Bonchev–Trinajstić information content (AvgIpc) is 3.00. The van der Waals surface area contributed by atoms with Crippen LogP contribution in [0.5, 0.6) is 0 Å². The van der Waals surface area contributed by atoms with Crippen molar-refractivity contribution < 1.29 is 4.39 Å². The molecular weight excluding hydrogens is 221 g/mol. The lowest BCUT2D eigenvalue weighted by molar-refractivity contribution is 0.548. The smallest absolute Gasteiger partial charge is 0.184 e. The first-order valence-electron chi connectivity index (χ1n) is 5.55. The van der Waals surface area contributed by atoms with Gasteiger partial charge in [-0.2, -0.15) is 0 Å². The number of benzene rings is 1. The van der Waals surface area contributed by atoms with Crippen molar-refractivity contribution in [3.8, 4) is 11.4 Å². The molecule has 0 atom stereocenters. The molecule has 0 amide bonds. The number of nitrogens with two attached hydrogens (primary N) is 1. The van der Waals surface area contributed by atoms with Crippen LogP contribution in [-0.2, 0) is 6.54 Å². The maximum absolute atomic E-state index is 13.2. The predicted octanol–water partition coefficient (Wildman–Crippen LogP) is 1.47. The molecule has 1 aliphatic carbocycles. The molecule has 0 saturated heterocycles. The molecule has 2 aromatic rings. The van der Waals surface area contributed by atoms with Gasteiger partial charge < -0.3 is 5.73 Å². The number of rotatable bonds is 3. The Morgan fingerprint density at radius 3 is 3.00 bits per heavy atom. The summed E-state index contributed by atoms with van der Waals surface area (Å²) < 4.78 is 14.9. The second-order valence-electron chi connectivity index (χ2n) is 4.36. The first-order chi connectivity index (χ1) is 8.24. The maximum Gasteiger partial charge on any atom is 0.184 e. The molecule has 1 aromatic carbocycles. The van der Waals surface area contributed by atoms with Crippen molar-refractivity contribution in [1.82, 2.24) is 20.2 Å². The molecule has 1 aromatic heterocycles. The maximum atomic E-state index is 13.2. The summed E-state index contributed by atoms with van der Waals surface area (Å²) in [5.74, 6) is 0.844. The fraction of sp³-hybridized carbons (Fsp3) is 0.364. The minimum atomic E-state index is -0.338. The molecule has 88 valence electrons. The van der Waals surface area contributed by atoms with E-state index in [9.17, 15) is 4.39 Å². The molecule has 6 heteroatoms. The van der Waals surface area contributed by atoms with Crippen LogP contribution < -0.4 is 5.73 Å². The normalized spacial score (nSPS) is 15.1. The van der Waals surface area contributed by atoms with Gasteiger partial charge in [0.1, 0.15) is 5.82 Å². The molecule has 1 fully saturated rings. The Balaban J connectivity index is 2.01. The molecule has 3 rings (SSSR count). The fourth-order valence-corrected chi connectivity index (χ4v) is 1.79. The molecule has 0 spiro atoms. The number of nitrogen functional groups attached to an aromatic ring is 1. The highest BCUT2D eigenvalue weighted by molar-refractivity contribution is 5.71. The summed E-state index contributed by atoms with van der Waals surface area (Å²) in [7, 11) is 0. The largest absolute Gasteiger partial charge is 0.398 e. The average molecular weight is 233 g/mol. The number of halogens is 1. The number of hydrogen-bond acceptors (Lipinski definition) is 4. The number of hydrogen-bond donors (Lipinski definition) is 1. The van der Waals surface area contributed by atoms with E-state index in [2.05, 4.69) is 15.5 Å². The van der Waals surface area contributed by atoms with E-state index in [0.717, 1.165) is 6.54 Å². The van der Waals surface area contributed by atoms with Crippen LogP contribution in [0.25, 0.3) is 11.4 Å². The van der Waals surface area contributed by atoms with Gasteiger partial charge in [-0.3, -0.25) is 0 Å². The van der Waals surface area contributed by atoms with Gasteiger partial charge in [0.25, 0.3) is 0 Å². The first kappa shape index (κ1) is 10.2. The van der Waals surface area contributed by atoms with Crippen LogP contribution in [0.2, 0.25) is 0 Å². The van der Waals surface area contributed by atoms with Crippen molar-refractivity contribution in [2.75, 3.05) is 5.73 Å². The van der Waals surface area contributed by atoms with Crippen molar-refractivity contribution in [3.63, 3.8) is 0 Å². The third kappa shape index (κ3) is 1.98. The molecule has 0 bridgehead atoms. The zero-order chi connectivity index (χ0) is 11.8. The van der Waals surface area contributed by atoms with E-state index in [0.29, 0.717) is 23.0 Å². The minimum absolute atomic E-state index is 0.338. The van der Waals surface area contributed by atoms with E-state index in [1.54, 1.807) is 4.68 Å². The summed E-state index contributed by atoms with van der Waals surface area (Å²) in [5, 5.41) is 11.5. The van der Waals surface area contributed by atoms with Crippen LogP contribution in [0.3, 0.4) is 0 Å². The van der Waals surface area contributed by atoms with Crippen LogP contribution in [0.4, 0.5) is 10.1 Å². The van der Waals surface area contributed by atoms with Crippen LogP contribution in [-0.4, -0.2) is 20.2 Å². The van der Waals surface area contributed by atoms with E-state index < -0.39 is 0 Å². The Bertz CT molecular complexity index is 547. The lowest BCUT2D eigenvalue weighted by atomic mass is 10.1. The summed E-state index contributed by atoms with van der Waals surface area (Å²) in [5.41, 5.74) is 6.86. The van der Waals surface area contributed by atoms with Gasteiger partial charge in [-0.25, -0.2) is 9.07 Å². The summed E-state index contributed by atoms with van der Waals surface area (Å²) >= 11 is 0. The topological polar surface area (TPSA) is 69.6 Å². The van der Waals surface area contributed by atoms with Gasteiger partial charge in [-0.05, 0) is 47.4 Å². The van der Waals surface area contributed by atoms with E-state index in [1.165, 1.54) is 31.0 Å². The van der Waals surface area contributed by atoms with Crippen LogP contribution in [0, 0.1) is 11.7 Å². The standard InChI is InChI=1S/C11H12FN5/c12-8-3-4-10(13)9(5-8)11-14-15-16-17(11)6-7-1-2-7/h3-5,7H,1-2,6,13H2. The monoisotopic (exact) mass is 233 g/mol. The second-order valence-corrected chi connectivity index (χ2v) is 4.36. The van der Waals surface area contributed by atoms with Gasteiger partial charge in [-0.1, -0.05) is 0 Å². The third-order valence-corrected chi connectivity index (χ3v) is 2.92. The van der Waals surface area contributed by atoms with Crippen molar-refractivity contribution in [2.24, 2.45) is 5.92 Å². The molecule has 0 aliphatic heterocycles.